The van der Waals surface area contributed by atoms with Gasteiger partial charge in [0.2, 0.25) is 0 Å². The Morgan fingerprint density at radius 3 is 2.56 bits per heavy atom. The zero-order chi connectivity index (χ0) is 7.44. The van der Waals surface area contributed by atoms with E-state index in [-0.39, 0.29) is 6.54 Å². The van der Waals surface area contributed by atoms with Crippen molar-refractivity contribution in [2.45, 2.75) is 6.07 Å². The van der Waals surface area contributed by atoms with E-state index in [0.29, 0.717) is 0 Å². The van der Waals surface area contributed by atoms with Crippen molar-refractivity contribution < 1.29 is 9.90 Å². The molecule has 1 atom stereocenters. The third-order valence-corrected chi connectivity index (χ3v) is 0.894. The van der Waals surface area contributed by atoms with E-state index in [1.165, 1.54) is 4.90 Å². The molecule has 50 valence electrons. The van der Waals surface area contributed by atoms with E-state index in [2.05, 4.69) is 0 Å². The van der Waals surface area contributed by atoms with Crippen LogP contribution in [0.4, 0.5) is 0 Å². The Kier molecular flexibility index (Phi) is 3.26. The van der Waals surface area contributed by atoms with Gasteiger partial charge in [0.05, 0.1) is 6.54 Å². The molecule has 0 heterocycles. The lowest BCUT2D eigenvalue weighted by molar-refractivity contribution is -0.138. The molecule has 0 fully saturated rings. The molecular formula is C4H9BN2O2. The average molecular weight is 128 g/mol. The van der Waals surface area contributed by atoms with Gasteiger partial charge in [-0.25, -0.2) is 0 Å². The molecule has 2 radical (unpaired) electrons. The number of likely N-dealkylation sites (N-methyl/N-ethyl adjacent to an activating group) is 1. The topological polar surface area (TPSA) is 66.6 Å². The minimum absolute atomic E-state index is 0.127. The fourth-order valence-corrected chi connectivity index (χ4v) is 0.319. The van der Waals surface area contributed by atoms with Crippen LogP contribution in [0.1, 0.15) is 0 Å². The molecule has 0 aromatic heterocycles. The summed E-state index contributed by atoms with van der Waals surface area (Å²) in [5.41, 5.74) is 5.12. The van der Waals surface area contributed by atoms with Crippen LogP contribution in [0.15, 0.2) is 0 Å². The van der Waals surface area contributed by atoms with E-state index < -0.39 is 12.0 Å². The third-order valence-electron chi connectivity index (χ3n) is 0.894. The van der Waals surface area contributed by atoms with Crippen LogP contribution in [0.25, 0.3) is 0 Å². The first kappa shape index (κ1) is 8.45. The Bertz CT molecular complexity index is 107. The Morgan fingerprint density at radius 1 is 2.00 bits per heavy atom. The second-order valence-electron chi connectivity index (χ2n) is 1.80. The standard InChI is InChI=1S/C4H9BN2O2/c1-7(4(5)6)2-3(8)9/h4H,2,6H2,1H3,(H,8,9). The average Bonchev–Trinajstić information content (AvgIpc) is 1.63. The van der Waals surface area contributed by atoms with Crippen LogP contribution in [-0.4, -0.2) is 43.5 Å². The summed E-state index contributed by atoms with van der Waals surface area (Å²) in [7, 11) is 6.67. The molecule has 0 bridgehead atoms. The van der Waals surface area contributed by atoms with Gasteiger partial charge in [0.25, 0.3) is 0 Å². The molecule has 0 saturated heterocycles. The maximum absolute atomic E-state index is 9.96. The number of aliphatic carboxylic acids is 1. The monoisotopic (exact) mass is 128 g/mol. The van der Waals surface area contributed by atoms with Gasteiger partial charge in [0.15, 0.2) is 0 Å². The van der Waals surface area contributed by atoms with Crippen molar-refractivity contribution in [3.05, 3.63) is 0 Å². The van der Waals surface area contributed by atoms with Crippen molar-refractivity contribution in [2.75, 3.05) is 13.6 Å². The first-order chi connectivity index (χ1) is 4.04. The summed E-state index contributed by atoms with van der Waals surface area (Å²) < 4.78 is 0. The minimum Gasteiger partial charge on any atom is -0.480 e. The number of hydrogen-bond donors (Lipinski definition) is 2. The van der Waals surface area contributed by atoms with E-state index in [9.17, 15) is 4.79 Å². The number of carboxylic acids is 1. The SMILES string of the molecule is [B]C(N)N(C)CC(=O)O. The van der Waals surface area contributed by atoms with Crippen molar-refractivity contribution in [2.24, 2.45) is 5.73 Å². The quantitative estimate of drug-likeness (QED) is 0.355. The number of nitrogens with zero attached hydrogens (tertiary/aromatic N) is 1. The van der Waals surface area contributed by atoms with Gasteiger partial charge in [-0.3, -0.25) is 9.69 Å². The molecule has 0 spiro atoms. The second kappa shape index (κ2) is 3.47. The van der Waals surface area contributed by atoms with E-state index >= 15 is 0 Å². The fourth-order valence-electron chi connectivity index (χ4n) is 0.319. The van der Waals surface area contributed by atoms with Crippen LogP contribution >= 0.6 is 0 Å². The van der Waals surface area contributed by atoms with E-state index in [0.717, 1.165) is 0 Å². The molecule has 0 saturated carbocycles. The highest BCUT2D eigenvalue weighted by Crippen LogP contribution is 1.81. The molecule has 1 unspecified atom stereocenters. The summed E-state index contributed by atoms with van der Waals surface area (Å²) in [5, 5.41) is 8.18. The van der Waals surface area contributed by atoms with Crippen LogP contribution in [0.3, 0.4) is 0 Å². The summed E-state index contributed by atoms with van der Waals surface area (Å²) in [4.78, 5) is 11.3. The first-order valence-corrected chi connectivity index (χ1v) is 2.47. The number of carboxylic acid groups (broad SMARTS) is 1. The third kappa shape index (κ3) is 3.99. The highest BCUT2D eigenvalue weighted by atomic mass is 16.4. The largest absolute Gasteiger partial charge is 0.480 e. The fraction of sp³-hybridized carbons (Fsp3) is 0.750. The smallest absolute Gasteiger partial charge is 0.317 e. The van der Waals surface area contributed by atoms with Gasteiger partial charge in [0, 0.05) is 6.07 Å². The Balaban J connectivity index is 3.50. The van der Waals surface area contributed by atoms with Crippen LogP contribution < -0.4 is 5.73 Å². The molecule has 0 aliphatic carbocycles. The van der Waals surface area contributed by atoms with Crippen LogP contribution in [0, 0.1) is 0 Å². The lowest BCUT2D eigenvalue weighted by Crippen LogP contribution is -2.42. The molecule has 0 amide bonds. The Labute approximate surface area is 55.0 Å². The zero-order valence-electron chi connectivity index (χ0n) is 5.24. The molecule has 9 heavy (non-hydrogen) atoms. The molecule has 0 aromatic carbocycles. The summed E-state index contributed by atoms with van der Waals surface area (Å²) in [6.07, 6.45) is 0. The summed E-state index contributed by atoms with van der Waals surface area (Å²) in [5.74, 6) is -0.932. The minimum atomic E-state index is -0.932. The molecule has 4 nitrogen and oxygen atoms in total. The Hall–Kier alpha value is -0.545. The molecule has 3 N–H and O–H groups in total. The van der Waals surface area contributed by atoms with Crippen molar-refractivity contribution in [3.63, 3.8) is 0 Å². The van der Waals surface area contributed by atoms with Gasteiger partial charge in [-0.05, 0) is 7.05 Å². The predicted octanol–water partition coefficient (Wildman–Crippen LogP) is -1.59. The van der Waals surface area contributed by atoms with Gasteiger partial charge in [0.1, 0.15) is 7.85 Å². The maximum Gasteiger partial charge on any atom is 0.317 e. The van der Waals surface area contributed by atoms with Crippen LogP contribution in [-0.2, 0) is 4.79 Å². The molecule has 0 rings (SSSR count). The van der Waals surface area contributed by atoms with Crippen LogP contribution in [0.2, 0.25) is 0 Å². The molecule has 5 heteroatoms. The van der Waals surface area contributed by atoms with E-state index in [1.54, 1.807) is 7.05 Å². The summed E-state index contributed by atoms with van der Waals surface area (Å²) in [6, 6.07) is -0.693. The highest BCUT2D eigenvalue weighted by molar-refractivity contribution is 6.11. The summed E-state index contributed by atoms with van der Waals surface area (Å²) in [6.45, 7) is -0.127. The zero-order valence-corrected chi connectivity index (χ0v) is 5.24. The molecular weight excluding hydrogens is 119 g/mol. The van der Waals surface area contributed by atoms with Gasteiger partial charge in [-0.15, -0.1) is 0 Å². The van der Waals surface area contributed by atoms with E-state index in [1.807, 2.05) is 0 Å². The second-order valence-corrected chi connectivity index (χ2v) is 1.80. The summed E-state index contributed by atoms with van der Waals surface area (Å²) >= 11 is 0. The first-order valence-electron chi connectivity index (χ1n) is 2.47. The lowest BCUT2D eigenvalue weighted by Gasteiger charge is -2.18. The van der Waals surface area contributed by atoms with Crippen molar-refractivity contribution >= 4 is 13.8 Å². The lowest BCUT2D eigenvalue weighted by atomic mass is 10.1. The van der Waals surface area contributed by atoms with Crippen molar-refractivity contribution in [1.29, 1.82) is 0 Å². The maximum atomic E-state index is 9.96. The number of hydrogen-bond acceptors (Lipinski definition) is 3. The normalized spacial score (nSPS) is 13.7. The number of rotatable bonds is 3. The van der Waals surface area contributed by atoms with E-state index in [4.69, 9.17) is 18.7 Å². The van der Waals surface area contributed by atoms with Gasteiger partial charge >= 0.3 is 5.97 Å². The molecule has 0 aliphatic rings. The number of nitrogens with two attached hydrogens (primary N) is 1. The van der Waals surface area contributed by atoms with Gasteiger partial charge < -0.3 is 10.8 Å². The Morgan fingerprint density at radius 2 is 2.44 bits per heavy atom. The van der Waals surface area contributed by atoms with Crippen molar-refractivity contribution in [3.8, 4) is 0 Å². The van der Waals surface area contributed by atoms with Crippen molar-refractivity contribution in [1.82, 2.24) is 4.90 Å². The molecule has 0 aromatic rings. The number of carbonyl (C=O) groups is 1. The van der Waals surface area contributed by atoms with Gasteiger partial charge in [-0.2, -0.15) is 0 Å². The predicted molar refractivity (Wildman–Crippen MR) is 34.0 cm³/mol. The van der Waals surface area contributed by atoms with Crippen LogP contribution in [0.5, 0.6) is 0 Å². The highest BCUT2D eigenvalue weighted by Gasteiger charge is 2.05. The van der Waals surface area contributed by atoms with Gasteiger partial charge in [-0.1, -0.05) is 0 Å². The molecule has 0 aliphatic heterocycles.